The second-order valence-corrected chi connectivity index (χ2v) is 7.63. The molecule has 1 aromatic heterocycles. The number of rotatable bonds is 5. The minimum Gasteiger partial charge on any atom is -0.480 e. The second kappa shape index (κ2) is 7.55. The van der Waals surface area contributed by atoms with Crippen molar-refractivity contribution in [3.8, 4) is 5.69 Å². The number of aliphatic carboxylic acids is 1. The number of carbonyl (C=O) groups is 2. The number of hydrogen-bond acceptors (Lipinski definition) is 3. The van der Waals surface area contributed by atoms with Crippen molar-refractivity contribution in [3.63, 3.8) is 0 Å². The van der Waals surface area contributed by atoms with Crippen LogP contribution in [0.15, 0.2) is 42.7 Å². The van der Waals surface area contributed by atoms with Crippen LogP contribution in [0.1, 0.15) is 44.1 Å². The van der Waals surface area contributed by atoms with Crippen LogP contribution in [0.25, 0.3) is 5.69 Å². The number of benzene rings is 1. The number of fused-ring (bicyclic) bond motifs is 1. The minimum absolute atomic E-state index is 0.0377. The minimum atomic E-state index is -0.866. The molecule has 4 rings (SSSR count). The van der Waals surface area contributed by atoms with Crippen molar-refractivity contribution in [1.82, 2.24) is 14.7 Å². The highest BCUT2D eigenvalue weighted by molar-refractivity contribution is 5.85. The van der Waals surface area contributed by atoms with E-state index in [4.69, 9.17) is 0 Å². The molecule has 3 atom stereocenters. The van der Waals surface area contributed by atoms with E-state index in [0.717, 1.165) is 36.9 Å². The molecule has 1 saturated heterocycles. The van der Waals surface area contributed by atoms with E-state index < -0.39 is 12.0 Å². The Morgan fingerprint density at radius 1 is 1.15 bits per heavy atom. The fourth-order valence-electron chi connectivity index (χ4n) is 4.63. The molecule has 2 heterocycles. The summed E-state index contributed by atoms with van der Waals surface area (Å²) in [6, 6.07) is 9.29. The molecule has 1 N–H and O–H groups in total. The van der Waals surface area contributed by atoms with Crippen molar-refractivity contribution in [2.75, 3.05) is 0 Å². The summed E-state index contributed by atoms with van der Waals surface area (Å²) < 4.78 is 1.80. The van der Waals surface area contributed by atoms with Gasteiger partial charge in [0, 0.05) is 18.7 Å². The van der Waals surface area contributed by atoms with Crippen LogP contribution >= 0.6 is 0 Å². The number of para-hydroxylation sites is 1. The smallest absolute Gasteiger partial charge is 0.326 e. The van der Waals surface area contributed by atoms with Crippen LogP contribution in [0.5, 0.6) is 0 Å². The summed E-state index contributed by atoms with van der Waals surface area (Å²) in [5, 5.41) is 14.0. The molecule has 27 heavy (non-hydrogen) atoms. The Balaban J connectivity index is 1.42. The quantitative estimate of drug-likeness (QED) is 0.881. The number of aryl methyl sites for hydroxylation is 1. The largest absolute Gasteiger partial charge is 0.480 e. The summed E-state index contributed by atoms with van der Waals surface area (Å²) in [5.41, 5.74) is 1.96. The molecule has 1 aliphatic heterocycles. The van der Waals surface area contributed by atoms with Crippen molar-refractivity contribution < 1.29 is 14.7 Å². The lowest BCUT2D eigenvalue weighted by Crippen LogP contribution is -2.46. The third kappa shape index (κ3) is 3.61. The molecule has 0 bridgehead atoms. The normalized spacial score (nSPS) is 24.6. The predicted octanol–water partition coefficient (Wildman–Crippen LogP) is 3.05. The van der Waals surface area contributed by atoms with E-state index in [1.165, 1.54) is 0 Å². The van der Waals surface area contributed by atoms with E-state index in [0.29, 0.717) is 25.2 Å². The maximum Gasteiger partial charge on any atom is 0.326 e. The number of carbonyl (C=O) groups excluding carboxylic acids is 1. The van der Waals surface area contributed by atoms with Gasteiger partial charge < -0.3 is 10.0 Å². The van der Waals surface area contributed by atoms with Crippen LogP contribution < -0.4 is 0 Å². The van der Waals surface area contributed by atoms with Crippen LogP contribution in [-0.4, -0.2) is 43.7 Å². The molecular formula is C21H25N3O3. The van der Waals surface area contributed by atoms with Gasteiger partial charge in [-0.3, -0.25) is 4.79 Å². The molecule has 6 heteroatoms. The first-order valence-corrected chi connectivity index (χ1v) is 9.76. The molecule has 1 saturated carbocycles. The van der Waals surface area contributed by atoms with Gasteiger partial charge in [-0.05, 0) is 49.3 Å². The monoisotopic (exact) mass is 367 g/mol. The SMILES string of the molecule is O=C(O)[C@@H]1C[C@H]2CCCC[C@H]2N1C(=O)CCc1cnn(-c2ccccc2)c1. The Morgan fingerprint density at radius 2 is 1.93 bits per heavy atom. The fraction of sp³-hybridized carbons (Fsp3) is 0.476. The van der Waals surface area contributed by atoms with E-state index in [-0.39, 0.29) is 11.9 Å². The average molecular weight is 367 g/mol. The Morgan fingerprint density at radius 3 is 2.70 bits per heavy atom. The van der Waals surface area contributed by atoms with Gasteiger partial charge in [-0.15, -0.1) is 0 Å². The van der Waals surface area contributed by atoms with Gasteiger partial charge in [0.15, 0.2) is 0 Å². The Kier molecular flexibility index (Phi) is 4.97. The molecule has 0 radical (unpaired) electrons. The molecule has 6 nitrogen and oxygen atoms in total. The molecule has 1 aromatic carbocycles. The fourth-order valence-corrected chi connectivity index (χ4v) is 4.63. The Labute approximate surface area is 158 Å². The highest BCUT2D eigenvalue weighted by atomic mass is 16.4. The van der Waals surface area contributed by atoms with Gasteiger partial charge in [0.1, 0.15) is 6.04 Å². The summed E-state index contributed by atoms with van der Waals surface area (Å²) >= 11 is 0. The van der Waals surface area contributed by atoms with Gasteiger partial charge in [0.2, 0.25) is 5.91 Å². The summed E-state index contributed by atoms with van der Waals surface area (Å²) in [5.74, 6) is -0.552. The summed E-state index contributed by atoms with van der Waals surface area (Å²) in [6.45, 7) is 0. The lowest BCUT2D eigenvalue weighted by atomic mass is 9.84. The lowest BCUT2D eigenvalue weighted by Gasteiger charge is -2.33. The first-order chi connectivity index (χ1) is 13.1. The molecule has 2 aliphatic rings. The highest BCUT2D eigenvalue weighted by Crippen LogP contribution is 2.40. The highest BCUT2D eigenvalue weighted by Gasteiger charge is 2.47. The summed E-state index contributed by atoms with van der Waals surface area (Å²) in [6.07, 6.45) is 9.44. The van der Waals surface area contributed by atoms with Gasteiger partial charge in [-0.1, -0.05) is 31.0 Å². The molecule has 142 valence electrons. The predicted molar refractivity (Wildman–Crippen MR) is 101 cm³/mol. The van der Waals surface area contributed by atoms with Crippen LogP contribution in [0.2, 0.25) is 0 Å². The summed E-state index contributed by atoms with van der Waals surface area (Å²) in [7, 11) is 0. The van der Waals surface area contributed by atoms with Crippen LogP contribution in [0.3, 0.4) is 0 Å². The standard InChI is InChI=1S/C21H25N3O3/c25-20(24-18-9-5-4-6-16(18)12-19(24)21(26)27)11-10-15-13-22-23(14-15)17-7-2-1-3-8-17/h1-3,7-8,13-14,16,18-19H,4-6,9-12H2,(H,26,27)/t16-,18-,19+/m1/s1. The van der Waals surface area contributed by atoms with Crippen molar-refractivity contribution in [2.45, 2.75) is 57.0 Å². The zero-order valence-electron chi connectivity index (χ0n) is 15.3. The zero-order valence-corrected chi connectivity index (χ0v) is 15.3. The van der Waals surface area contributed by atoms with Crippen LogP contribution in [0.4, 0.5) is 0 Å². The van der Waals surface area contributed by atoms with Crippen LogP contribution in [-0.2, 0) is 16.0 Å². The summed E-state index contributed by atoms with van der Waals surface area (Å²) in [4.78, 5) is 26.3. The molecular weight excluding hydrogens is 342 g/mol. The Hall–Kier alpha value is -2.63. The van der Waals surface area contributed by atoms with E-state index in [1.807, 2.05) is 36.5 Å². The first-order valence-electron chi connectivity index (χ1n) is 9.76. The number of carboxylic acid groups (broad SMARTS) is 1. The van der Waals surface area contributed by atoms with Gasteiger partial charge in [0.05, 0.1) is 11.9 Å². The first kappa shape index (κ1) is 17.8. The van der Waals surface area contributed by atoms with Crippen molar-refractivity contribution in [2.24, 2.45) is 5.92 Å². The van der Waals surface area contributed by atoms with Gasteiger partial charge in [-0.25, -0.2) is 9.48 Å². The maximum absolute atomic E-state index is 12.9. The molecule has 0 spiro atoms. The number of hydrogen-bond donors (Lipinski definition) is 1. The van der Waals surface area contributed by atoms with Crippen molar-refractivity contribution in [1.29, 1.82) is 0 Å². The molecule has 2 fully saturated rings. The molecule has 2 aromatic rings. The molecule has 0 unspecified atom stereocenters. The number of likely N-dealkylation sites (tertiary alicyclic amines) is 1. The number of carboxylic acids is 1. The van der Waals surface area contributed by atoms with Gasteiger partial charge >= 0.3 is 5.97 Å². The van der Waals surface area contributed by atoms with Crippen molar-refractivity contribution in [3.05, 3.63) is 48.3 Å². The van der Waals surface area contributed by atoms with E-state index in [2.05, 4.69) is 5.10 Å². The van der Waals surface area contributed by atoms with Crippen LogP contribution in [0, 0.1) is 5.92 Å². The number of aromatic nitrogens is 2. The molecule has 1 aliphatic carbocycles. The second-order valence-electron chi connectivity index (χ2n) is 7.63. The maximum atomic E-state index is 12.9. The zero-order chi connectivity index (χ0) is 18.8. The lowest BCUT2D eigenvalue weighted by molar-refractivity contribution is -0.149. The molecule has 1 amide bonds. The third-order valence-electron chi connectivity index (χ3n) is 5.95. The topological polar surface area (TPSA) is 75.4 Å². The average Bonchev–Trinajstić information content (AvgIpc) is 3.32. The van der Waals surface area contributed by atoms with Gasteiger partial charge in [-0.2, -0.15) is 5.10 Å². The number of amides is 1. The van der Waals surface area contributed by atoms with Gasteiger partial charge in [0.25, 0.3) is 0 Å². The van der Waals surface area contributed by atoms with Crippen molar-refractivity contribution >= 4 is 11.9 Å². The number of nitrogens with zero attached hydrogens (tertiary/aromatic N) is 3. The third-order valence-corrected chi connectivity index (χ3v) is 5.95. The van der Waals surface area contributed by atoms with E-state index >= 15 is 0 Å². The Bertz CT molecular complexity index is 817. The van der Waals surface area contributed by atoms with E-state index in [1.54, 1.807) is 15.8 Å². The van der Waals surface area contributed by atoms with E-state index in [9.17, 15) is 14.7 Å².